The molecule has 0 aliphatic rings. The Morgan fingerprint density at radius 2 is 1.84 bits per heavy atom. The molecule has 0 spiro atoms. The molecule has 112 valence electrons. The zero-order valence-electron chi connectivity index (χ0n) is 12.6. The molecule has 0 aliphatic carbocycles. The number of rotatable bonds is 10. The number of carbonyl (C=O) groups excluding carboxylic acids is 1. The van der Waals surface area contributed by atoms with Crippen LogP contribution in [0.15, 0.2) is 0 Å². The molecule has 0 rings (SSSR count). The summed E-state index contributed by atoms with van der Waals surface area (Å²) in [6.45, 7) is 6.36. The van der Waals surface area contributed by atoms with Crippen LogP contribution in [0.5, 0.6) is 0 Å². The van der Waals surface area contributed by atoms with Crippen LogP contribution in [0.4, 0.5) is 0 Å². The van der Waals surface area contributed by atoms with E-state index >= 15 is 0 Å². The summed E-state index contributed by atoms with van der Waals surface area (Å²) in [5.74, 6) is -0.399. The Bertz CT molecular complexity index is 290. The summed E-state index contributed by atoms with van der Waals surface area (Å²) in [7, 11) is 1.76. The van der Waals surface area contributed by atoms with Crippen LogP contribution < -0.4 is 10.6 Å². The molecule has 0 bridgehead atoms. The van der Waals surface area contributed by atoms with E-state index in [2.05, 4.69) is 17.6 Å². The van der Waals surface area contributed by atoms with E-state index in [4.69, 9.17) is 5.11 Å². The highest BCUT2D eigenvalue weighted by Gasteiger charge is 2.24. The third kappa shape index (κ3) is 7.82. The normalized spacial score (nSPS) is 13.1. The van der Waals surface area contributed by atoms with Gasteiger partial charge in [-0.15, -0.1) is 0 Å². The molecular weight excluding hydrogens is 244 g/mol. The molecule has 0 aromatic rings. The molecule has 0 saturated heterocycles. The van der Waals surface area contributed by atoms with Gasteiger partial charge in [0.25, 0.3) is 0 Å². The van der Waals surface area contributed by atoms with E-state index in [1.165, 1.54) is 0 Å². The maximum Gasteiger partial charge on any atom is 0.303 e. The van der Waals surface area contributed by atoms with E-state index in [1.807, 2.05) is 13.8 Å². The fourth-order valence-corrected chi connectivity index (χ4v) is 1.89. The lowest BCUT2D eigenvalue weighted by atomic mass is 9.94. The standard InChI is InChI=1S/C14H28N2O3/c1-5-6-11(7-8-12(17)18)9-10-16-13(19)14(2,3)15-4/h11,15H,5-10H2,1-4H3,(H,16,19)(H,17,18). The molecule has 1 unspecified atom stereocenters. The number of likely N-dealkylation sites (N-methyl/N-ethyl adjacent to an activating group) is 1. The van der Waals surface area contributed by atoms with Crippen LogP contribution in [0.2, 0.25) is 0 Å². The molecule has 0 saturated carbocycles. The second kappa shape index (κ2) is 8.91. The van der Waals surface area contributed by atoms with Gasteiger partial charge >= 0.3 is 5.97 Å². The minimum Gasteiger partial charge on any atom is -0.481 e. The van der Waals surface area contributed by atoms with E-state index in [1.54, 1.807) is 7.05 Å². The van der Waals surface area contributed by atoms with E-state index in [0.29, 0.717) is 18.9 Å². The van der Waals surface area contributed by atoms with Gasteiger partial charge < -0.3 is 15.7 Å². The number of carboxylic acids is 1. The maximum absolute atomic E-state index is 11.8. The number of carbonyl (C=O) groups is 2. The Kier molecular flexibility index (Phi) is 8.39. The van der Waals surface area contributed by atoms with Crippen molar-refractivity contribution in [1.29, 1.82) is 0 Å². The SMILES string of the molecule is CCCC(CCNC(=O)C(C)(C)NC)CCC(=O)O. The summed E-state index contributed by atoms with van der Waals surface area (Å²) in [6.07, 6.45) is 3.79. The van der Waals surface area contributed by atoms with Crippen LogP contribution in [-0.4, -0.2) is 36.1 Å². The summed E-state index contributed by atoms with van der Waals surface area (Å²) < 4.78 is 0. The first-order valence-electron chi connectivity index (χ1n) is 7.02. The van der Waals surface area contributed by atoms with Gasteiger partial charge in [-0.05, 0) is 39.7 Å². The summed E-state index contributed by atoms with van der Waals surface area (Å²) in [6, 6.07) is 0. The molecule has 1 atom stereocenters. The average molecular weight is 272 g/mol. The number of carboxylic acid groups (broad SMARTS) is 1. The van der Waals surface area contributed by atoms with Crippen molar-refractivity contribution < 1.29 is 14.7 Å². The van der Waals surface area contributed by atoms with Crippen molar-refractivity contribution in [3.05, 3.63) is 0 Å². The molecule has 0 aliphatic heterocycles. The van der Waals surface area contributed by atoms with Gasteiger partial charge in [0.15, 0.2) is 0 Å². The number of amides is 1. The predicted molar refractivity (Wildman–Crippen MR) is 76.0 cm³/mol. The van der Waals surface area contributed by atoms with Gasteiger partial charge in [0.1, 0.15) is 0 Å². The van der Waals surface area contributed by atoms with Crippen LogP contribution in [0.3, 0.4) is 0 Å². The van der Waals surface area contributed by atoms with Crippen molar-refractivity contribution in [2.75, 3.05) is 13.6 Å². The van der Waals surface area contributed by atoms with Gasteiger partial charge in [-0.25, -0.2) is 0 Å². The number of nitrogens with one attached hydrogen (secondary N) is 2. The minimum absolute atomic E-state index is 0.0246. The number of aliphatic carboxylic acids is 1. The van der Waals surface area contributed by atoms with E-state index in [0.717, 1.165) is 19.3 Å². The smallest absolute Gasteiger partial charge is 0.303 e. The second-order valence-corrected chi connectivity index (χ2v) is 5.51. The van der Waals surface area contributed by atoms with Crippen LogP contribution in [0.25, 0.3) is 0 Å². The topological polar surface area (TPSA) is 78.4 Å². The predicted octanol–water partition coefficient (Wildman–Crippen LogP) is 1.77. The Morgan fingerprint density at radius 3 is 2.32 bits per heavy atom. The monoisotopic (exact) mass is 272 g/mol. The van der Waals surface area contributed by atoms with Crippen molar-refractivity contribution in [2.24, 2.45) is 5.92 Å². The lowest BCUT2D eigenvalue weighted by Gasteiger charge is -2.23. The summed E-state index contributed by atoms with van der Waals surface area (Å²) in [4.78, 5) is 22.4. The minimum atomic E-state index is -0.749. The molecule has 3 N–H and O–H groups in total. The van der Waals surface area contributed by atoms with Gasteiger partial charge in [0.2, 0.25) is 5.91 Å². The van der Waals surface area contributed by atoms with Crippen LogP contribution in [-0.2, 0) is 9.59 Å². The van der Waals surface area contributed by atoms with E-state index in [9.17, 15) is 9.59 Å². The van der Waals surface area contributed by atoms with Crippen molar-refractivity contribution in [3.8, 4) is 0 Å². The van der Waals surface area contributed by atoms with Gasteiger partial charge in [-0.2, -0.15) is 0 Å². The highest BCUT2D eigenvalue weighted by Crippen LogP contribution is 2.17. The second-order valence-electron chi connectivity index (χ2n) is 5.51. The van der Waals surface area contributed by atoms with Crippen molar-refractivity contribution in [3.63, 3.8) is 0 Å². The zero-order valence-corrected chi connectivity index (χ0v) is 12.6. The molecule has 1 amide bonds. The highest BCUT2D eigenvalue weighted by molar-refractivity contribution is 5.85. The summed E-state index contributed by atoms with van der Waals surface area (Å²) >= 11 is 0. The fraction of sp³-hybridized carbons (Fsp3) is 0.857. The van der Waals surface area contributed by atoms with E-state index in [-0.39, 0.29) is 12.3 Å². The number of hydrogen-bond acceptors (Lipinski definition) is 3. The zero-order chi connectivity index (χ0) is 14.9. The van der Waals surface area contributed by atoms with Crippen LogP contribution in [0.1, 0.15) is 52.9 Å². The molecule has 19 heavy (non-hydrogen) atoms. The molecule has 5 nitrogen and oxygen atoms in total. The Balaban J connectivity index is 4.05. The number of hydrogen-bond donors (Lipinski definition) is 3. The molecule has 0 radical (unpaired) electrons. The molecule has 0 fully saturated rings. The van der Waals surface area contributed by atoms with Crippen molar-refractivity contribution in [2.45, 2.75) is 58.4 Å². The Morgan fingerprint density at radius 1 is 1.21 bits per heavy atom. The van der Waals surface area contributed by atoms with Crippen molar-refractivity contribution in [1.82, 2.24) is 10.6 Å². The van der Waals surface area contributed by atoms with Gasteiger partial charge in [0.05, 0.1) is 5.54 Å². The lowest BCUT2D eigenvalue weighted by Crippen LogP contribution is -2.51. The van der Waals surface area contributed by atoms with Gasteiger partial charge in [-0.3, -0.25) is 9.59 Å². The van der Waals surface area contributed by atoms with Crippen LogP contribution >= 0.6 is 0 Å². The maximum atomic E-state index is 11.8. The molecule has 0 heterocycles. The first-order chi connectivity index (χ1) is 8.83. The van der Waals surface area contributed by atoms with Gasteiger partial charge in [0, 0.05) is 13.0 Å². The Hall–Kier alpha value is -1.10. The molecular formula is C14H28N2O3. The molecule has 0 aromatic carbocycles. The first-order valence-corrected chi connectivity index (χ1v) is 7.02. The molecule has 5 heteroatoms. The highest BCUT2D eigenvalue weighted by atomic mass is 16.4. The fourth-order valence-electron chi connectivity index (χ4n) is 1.89. The van der Waals surface area contributed by atoms with Crippen molar-refractivity contribution >= 4 is 11.9 Å². The largest absolute Gasteiger partial charge is 0.481 e. The third-order valence-electron chi connectivity index (χ3n) is 3.49. The molecule has 0 aromatic heterocycles. The van der Waals surface area contributed by atoms with Gasteiger partial charge in [-0.1, -0.05) is 19.8 Å². The summed E-state index contributed by atoms with van der Waals surface area (Å²) in [5.41, 5.74) is -0.568. The average Bonchev–Trinajstić information content (AvgIpc) is 2.35. The first kappa shape index (κ1) is 17.9. The summed E-state index contributed by atoms with van der Waals surface area (Å²) in [5, 5.41) is 14.6. The van der Waals surface area contributed by atoms with E-state index < -0.39 is 11.5 Å². The lowest BCUT2D eigenvalue weighted by molar-refractivity contribution is -0.137. The quantitative estimate of drug-likeness (QED) is 0.566. The van der Waals surface area contributed by atoms with Crippen LogP contribution in [0, 0.1) is 5.92 Å². The third-order valence-corrected chi connectivity index (χ3v) is 3.49. The Labute approximate surface area is 116 Å².